The van der Waals surface area contributed by atoms with E-state index in [-0.39, 0.29) is 12.0 Å². The zero-order valence-corrected chi connectivity index (χ0v) is 15.7. The SMILES string of the molecule is CCc1nc(C)cn1C(C(C)C#N)C(C#N)n1ccnc1-c1ccccc1. The minimum absolute atomic E-state index is 0.368. The monoisotopic (exact) mass is 358 g/mol. The molecule has 0 aliphatic rings. The van der Waals surface area contributed by atoms with E-state index in [4.69, 9.17) is 0 Å². The van der Waals surface area contributed by atoms with Crippen LogP contribution in [0.1, 0.15) is 37.4 Å². The highest BCUT2D eigenvalue weighted by molar-refractivity contribution is 5.55. The Morgan fingerprint density at radius 3 is 2.48 bits per heavy atom. The second-order valence-corrected chi connectivity index (χ2v) is 6.57. The lowest BCUT2D eigenvalue weighted by Gasteiger charge is -2.28. The zero-order chi connectivity index (χ0) is 19.4. The summed E-state index contributed by atoms with van der Waals surface area (Å²) in [5, 5.41) is 19.7. The Hall–Kier alpha value is -3.38. The van der Waals surface area contributed by atoms with Gasteiger partial charge in [-0.15, -0.1) is 0 Å². The summed E-state index contributed by atoms with van der Waals surface area (Å²) in [5.74, 6) is 1.22. The third kappa shape index (κ3) is 3.47. The number of nitriles is 2. The van der Waals surface area contributed by atoms with E-state index in [1.165, 1.54) is 0 Å². The molecular formula is C21H22N6. The fourth-order valence-electron chi connectivity index (χ4n) is 3.48. The van der Waals surface area contributed by atoms with Gasteiger partial charge in [-0.3, -0.25) is 0 Å². The van der Waals surface area contributed by atoms with Crippen LogP contribution in [0.3, 0.4) is 0 Å². The Kier molecular flexibility index (Phi) is 5.38. The lowest BCUT2D eigenvalue weighted by atomic mass is 9.95. The van der Waals surface area contributed by atoms with Crippen molar-refractivity contribution in [3.8, 4) is 23.5 Å². The first-order valence-corrected chi connectivity index (χ1v) is 9.02. The maximum atomic E-state index is 10.1. The molecule has 6 heteroatoms. The molecule has 2 heterocycles. The molecule has 0 N–H and O–H groups in total. The highest BCUT2D eigenvalue weighted by Gasteiger charge is 2.33. The highest BCUT2D eigenvalue weighted by Crippen LogP contribution is 2.34. The van der Waals surface area contributed by atoms with E-state index in [1.54, 1.807) is 6.20 Å². The van der Waals surface area contributed by atoms with Crippen molar-refractivity contribution >= 4 is 0 Å². The lowest BCUT2D eigenvalue weighted by Crippen LogP contribution is -2.28. The van der Waals surface area contributed by atoms with Crippen LogP contribution in [0.25, 0.3) is 11.4 Å². The van der Waals surface area contributed by atoms with E-state index in [0.29, 0.717) is 5.82 Å². The smallest absolute Gasteiger partial charge is 0.144 e. The van der Waals surface area contributed by atoms with Gasteiger partial charge in [-0.2, -0.15) is 10.5 Å². The summed E-state index contributed by atoms with van der Waals surface area (Å²) in [6.07, 6.45) is 6.17. The van der Waals surface area contributed by atoms with Crippen LogP contribution in [-0.4, -0.2) is 19.1 Å². The third-order valence-electron chi connectivity index (χ3n) is 4.74. The van der Waals surface area contributed by atoms with Crippen molar-refractivity contribution in [1.29, 1.82) is 10.5 Å². The Balaban J connectivity index is 2.14. The number of benzene rings is 1. The van der Waals surface area contributed by atoms with Gasteiger partial charge < -0.3 is 9.13 Å². The average Bonchev–Trinajstić information content (AvgIpc) is 3.32. The summed E-state index contributed by atoms with van der Waals surface area (Å²) in [5.41, 5.74) is 1.82. The van der Waals surface area contributed by atoms with Crippen molar-refractivity contribution in [1.82, 2.24) is 19.1 Å². The highest BCUT2D eigenvalue weighted by atomic mass is 15.2. The van der Waals surface area contributed by atoms with Crippen LogP contribution in [0.4, 0.5) is 0 Å². The second-order valence-electron chi connectivity index (χ2n) is 6.57. The standard InChI is InChI=1S/C21H22N6/c1-4-19-25-16(3)14-27(19)20(15(2)12-22)18(13-23)26-11-10-24-21(26)17-8-6-5-7-9-17/h5-11,14-15,18,20H,4H2,1-3H3. The van der Waals surface area contributed by atoms with Crippen molar-refractivity contribution in [2.75, 3.05) is 0 Å². The van der Waals surface area contributed by atoms with Gasteiger partial charge in [0.1, 0.15) is 17.7 Å². The van der Waals surface area contributed by atoms with E-state index in [9.17, 15) is 10.5 Å². The maximum Gasteiger partial charge on any atom is 0.144 e. The molecule has 6 nitrogen and oxygen atoms in total. The molecule has 0 aliphatic carbocycles. The largest absolute Gasteiger partial charge is 0.327 e. The Morgan fingerprint density at radius 1 is 1.11 bits per heavy atom. The van der Waals surface area contributed by atoms with Crippen molar-refractivity contribution < 1.29 is 0 Å². The quantitative estimate of drug-likeness (QED) is 0.664. The Labute approximate surface area is 159 Å². The minimum Gasteiger partial charge on any atom is -0.327 e. The molecule has 0 saturated carbocycles. The molecule has 0 amide bonds. The number of nitrogens with zero attached hydrogens (tertiary/aromatic N) is 6. The van der Waals surface area contributed by atoms with Gasteiger partial charge in [0.05, 0.1) is 29.8 Å². The van der Waals surface area contributed by atoms with E-state index < -0.39 is 6.04 Å². The molecule has 3 unspecified atom stereocenters. The number of rotatable bonds is 6. The van der Waals surface area contributed by atoms with Gasteiger partial charge >= 0.3 is 0 Å². The van der Waals surface area contributed by atoms with Gasteiger partial charge in [0.2, 0.25) is 0 Å². The molecule has 1 aromatic carbocycles. The number of imidazole rings is 2. The van der Waals surface area contributed by atoms with Crippen molar-refractivity contribution in [2.24, 2.45) is 5.92 Å². The van der Waals surface area contributed by atoms with Gasteiger partial charge in [0.15, 0.2) is 0 Å². The normalized spacial score (nSPS) is 14.1. The van der Waals surface area contributed by atoms with Gasteiger partial charge in [-0.05, 0) is 13.8 Å². The van der Waals surface area contributed by atoms with Gasteiger partial charge in [-0.1, -0.05) is 37.3 Å². The van der Waals surface area contributed by atoms with E-state index >= 15 is 0 Å². The van der Waals surface area contributed by atoms with Crippen LogP contribution in [0.5, 0.6) is 0 Å². The van der Waals surface area contributed by atoms with Crippen LogP contribution in [0, 0.1) is 35.5 Å². The minimum atomic E-state index is -0.587. The predicted molar refractivity (Wildman–Crippen MR) is 102 cm³/mol. The first-order chi connectivity index (χ1) is 13.1. The summed E-state index contributed by atoms with van der Waals surface area (Å²) in [4.78, 5) is 9.03. The van der Waals surface area contributed by atoms with Crippen LogP contribution < -0.4 is 0 Å². The molecule has 136 valence electrons. The van der Waals surface area contributed by atoms with Crippen LogP contribution >= 0.6 is 0 Å². The summed E-state index contributed by atoms with van der Waals surface area (Å²) >= 11 is 0. The predicted octanol–water partition coefficient (Wildman–Crippen LogP) is 4.08. The number of aryl methyl sites for hydroxylation is 2. The number of hydrogen-bond donors (Lipinski definition) is 0. The van der Waals surface area contributed by atoms with Crippen molar-refractivity contribution in [3.05, 3.63) is 60.4 Å². The van der Waals surface area contributed by atoms with Crippen molar-refractivity contribution in [2.45, 2.75) is 39.3 Å². The number of aromatic nitrogens is 4. The lowest BCUT2D eigenvalue weighted by molar-refractivity contribution is 0.320. The molecule has 2 aromatic heterocycles. The van der Waals surface area contributed by atoms with Crippen LogP contribution in [0.2, 0.25) is 0 Å². The van der Waals surface area contributed by atoms with E-state index in [2.05, 4.69) is 22.1 Å². The summed E-state index contributed by atoms with van der Waals surface area (Å²) in [6, 6.07) is 13.6. The summed E-state index contributed by atoms with van der Waals surface area (Å²) < 4.78 is 3.86. The molecule has 3 atom stereocenters. The third-order valence-corrected chi connectivity index (χ3v) is 4.74. The van der Waals surface area contributed by atoms with Gasteiger partial charge in [-0.25, -0.2) is 9.97 Å². The maximum absolute atomic E-state index is 10.1. The van der Waals surface area contributed by atoms with Crippen LogP contribution in [-0.2, 0) is 6.42 Å². The Bertz CT molecular complexity index is 986. The summed E-state index contributed by atoms with van der Waals surface area (Å²) in [6.45, 7) is 5.81. The van der Waals surface area contributed by atoms with Crippen molar-refractivity contribution in [3.63, 3.8) is 0 Å². The molecule has 27 heavy (non-hydrogen) atoms. The molecule has 0 bridgehead atoms. The first-order valence-electron chi connectivity index (χ1n) is 9.02. The molecule has 0 spiro atoms. The molecule has 0 radical (unpaired) electrons. The first kappa shape index (κ1) is 18.4. The molecular weight excluding hydrogens is 336 g/mol. The fourth-order valence-corrected chi connectivity index (χ4v) is 3.48. The topological polar surface area (TPSA) is 83.2 Å². The molecule has 0 aliphatic heterocycles. The summed E-state index contributed by atoms with van der Waals surface area (Å²) in [7, 11) is 0. The molecule has 3 aromatic rings. The van der Waals surface area contributed by atoms with E-state index in [1.807, 2.05) is 72.6 Å². The van der Waals surface area contributed by atoms with Gasteiger partial charge in [0, 0.05) is 30.6 Å². The fraction of sp³-hybridized carbons (Fsp3) is 0.333. The average molecular weight is 358 g/mol. The van der Waals surface area contributed by atoms with Crippen LogP contribution in [0.15, 0.2) is 48.9 Å². The molecule has 0 fully saturated rings. The number of hydrogen-bond acceptors (Lipinski definition) is 4. The molecule has 0 saturated heterocycles. The Morgan fingerprint density at radius 2 is 1.85 bits per heavy atom. The van der Waals surface area contributed by atoms with E-state index in [0.717, 1.165) is 23.5 Å². The zero-order valence-electron chi connectivity index (χ0n) is 15.7. The molecule has 3 rings (SSSR count). The second kappa shape index (κ2) is 7.88. The van der Waals surface area contributed by atoms with Gasteiger partial charge in [0.25, 0.3) is 0 Å².